The first kappa shape index (κ1) is 19.6. The van der Waals surface area contributed by atoms with E-state index in [0.717, 1.165) is 4.90 Å². The van der Waals surface area contributed by atoms with E-state index in [2.05, 4.69) is 5.32 Å². The molecule has 1 aliphatic rings. The zero-order chi connectivity index (χ0) is 20.3. The number of nitrogens with zero attached hydrogens (tertiary/aromatic N) is 2. The molecule has 0 spiro atoms. The minimum Gasteiger partial charge on any atom is -0.325 e. The lowest BCUT2D eigenvalue weighted by Gasteiger charge is -2.12. The maximum Gasteiger partial charge on any atom is 0.294 e. The number of carbonyl (C=O) groups excluding carboxylic acids is 3. The van der Waals surface area contributed by atoms with Gasteiger partial charge in [-0.3, -0.25) is 29.4 Å². The summed E-state index contributed by atoms with van der Waals surface area (Å²) in [6.07, 6.45) is 1.45. The quantitative estimate of drug-likeness (QED) is 0.448. The number of imide groups is 1. The minimum absolute atomic E-state index is 0.0795. The molecule has 1 N–H and O–H groups in total. The Morgan fingerprint density at radius 3 is 2.39 bits per heavy atom. The number of rotatable bonds is 5. The summed E-state index contributed by atoms with van der Waals surface area (Å²) in [6.45, 7) is -0.426. The van der Waals surface area contributed by atoms with Crippen LogP contribution in [0.2, 0.25) is 5.02 Å². The average molecular weight is 418 g/mol. The molecule has 3 rings (SSSR count). The SMILES string of the molecule is O=C(CN1C(=O)S/C(=C/c2ccc([N+](=O)[O-])cc2)C1=O)Nc1ccc(Cl)cc1. The lowest BCUT2D eigenvalue weighted by atomic mass is 10.2. The lowest BCUT2D eigenvalue weighted by molar-refractivity contribution is -0.384. The number of nitrogens with one attached hydrogen (secondary N) is 1. The molecule has 8 nitrogen and oxygen atoms in total. The molecule has 3 amide bonds. The molecule has 0 saturated carbocycles. The van der Waals surface area contributed by atoms with E-state index in [1.54, 1.807) is 24.3 Å². The Hall–Kier alpha value is -3.17. The fourth-order valence-corrected chi connectivity index (χ4v) is 3.32. The summed E-state index contributed by atoms with van der Waals surface area (Å²) < 4.78 is 0. The highest BCUT2D eigenvalue weighted by molar-refractivity contribution is 8.18. The van der Waals surface area contributed by atoms with Gasteiger partial charge in [0.1, 0.15) is 6.54 Å². The van der Waals surface area contributed by atoms with Crippen LogP contribution in [-0.2, 0) is 9.59 Å². The van der Waals surface area contributed by atoms with Crippen LogP contribution < -0.4 is 5.32 Å². The summed E-state index contributed by atoms with van der Waals surface area (Å²) >= 11 is 6.48. The Bertz CT molecular complexity index is 989. The largest absolute Gasteiger partial charge is 0.325 e. The third-order valence-corrected chi connectivity index (χ3v) is 4.86. The monoisotopic (exact) mass is 417 g/mol. The number of anilines is 1. The summed E-state index contributed by atoms with van der Waals surface area (Å²) in [5.74, 6) is -1.12. The van der Waals surface area contributed by atoms with Crippen molar-refractivity contribution in [3.05, 3.63) is 74.1 Å². The van der Waals surface area contributed by atoms with Crippen LogP contribution in [0.1, 0.15) is 5.56 Å². The van der Waals surface area contributed by atoms with Crippen molar-refractivity contribution in [1.82, 2.24) is 4.90 Å². The molecule has 1 heterocycles. The standard InChI is InChI=1S/C18H12ClN3O5S/c19-12-3-5-13(6-4-12)20-16(23)10-21-17(24)15(28-18(21)25)9-11-1-7-14(8-2-11)22(26)27/h1-9H,10H2,(H,20,23)/b15-9+. The van der Waals surface area contributed by atoms with Crippen LogP contribution in [0, 0.1) is 10.1 Å². The van der Waals surface area contributed by atoms with Gasteiger partial charge in [0.2, 0.25) is 5.91 Å². The van der Waals surface area contributed by atoms with Gasteiger partial charge in [-0.2, -0.15) is 0 Å². The second kappa shape index (κ2) is 8.24. The van der Waals surface area contributed by atoms with Gasteiger partial charge in [-0.05, 0) is 59.8 Å². The van der Waals surface area contributed by atoms with Crippen molar-refractivity contribution in [1.29, 1.82) is 0 Å². The topological polar surface area (TPSA) is 110 Å². The molecule has 28 heavy (non-hydrogen) atoms. The zero-order valence-corrected chi connectivity index (χ0v) is 15.7. The Morgan fingerprint density at radius 2 is 1.79 bits per heavy atom. The van der Waals surface area contributed by atoms with Gasteiger partial charge in [0.25, 0.3) is 16.8 Å². The van der Waals surface area contributed by atoms with E-state index in [4.69, 9.17) is 11.6 Å². The number of nitro groups is 1. The highest BCUT2D eigenvalue weighted by Gasteiger charge is 2.36. The van der Waals surface area contributed by atoms with E-state index in [1.807, 2.05) is 0 Å². The molecule has 1 aliphatic heterocycles. The zero-order valence-electron chi connectivity index (χ0n) is 14.1. The minimum atomic E-state index is -0.598. The van der Waals surface area contributed by atoms with Crippen LogP contribution in [-0.4, -0.2) is 33.4 Å². The van der Waals surface area contributed by atoms with E-state index in [1.165, 1.54) is 30.3 Å². The van der Waals surface area contributed by atoms with Crippen molar-refractivity contribution in [3.8, 4) is 0 Å². The Balaban J connectivity index is 1.68. The van der Waals surface area contributed by atoms with Crippen LogP contribution in [0.5, 0.6) is 0 Å². The number of thioether (sulfide) groups is 1. The second-order valence-electron chi connectivity index (χ2n) is 5.67. The summed E-state index contributed by atoms with van der Waals surface area (Å²) in [5, 5.41) is 13.2. The van der Waals surface area contributed by atoms with Crippen molar-refractivity contribution in [2.75, 3.05) is 11.9 Å². The molecule has 0 radical (unpaired) electrons. The molecular formula is C18H12ClN3O5S. The van der Waals surface area contributed by atoms with Gasteiger partial charge >= 0.3 is 0 Å². The molecule has 0 unspecified atom stereocenters. The first-order valence-electron chi connectivity index (χ1n) is 7.89. The highest BCUT2D eigenvalue weighted by Crippen LogP contribution is 2.32. The maximum absolute atomic E-state index is 12.4. The fourth-order valence-electron chi connectivity index (χ4n) is 2.36. The third-order valence-electron chi connectivity index (χ3n) is 3.70. The van der Waals surface area contributed by atoms with Gasteiger partial charge in [-0.1, -0.05) is 11.6 Å². The van der Waals surface area contributed by atoms with E-state index in [-0.39, 0.29) is 10.6 Å². The summed E-state index contributed by atoms with van der Waals surface area (Å²) in [4.78, 5) is 47.8. The van der Waals surface area contributed by atoms with Gasteiger partial charge in [0.15, 0.2) is 0 Å². The maximum atomic E-state index is 12.4. The van der Waals surface area contributed by atoms with Crippen LogP contribution in [0.25, 0.3) is 6.08 Å². The number of amides is 3. The normalized spacial score (nSPS) is 15.2. The average Bonchev–Trinajstić information content (AvgIpc) is 2.91. The van der Waals surface area contributed by atoms with Gasteiger partial charge in [-0.25, -0.2) is 0 Å². The molecule has 0 aliphatic carbocycles. The highest BCUT2D eigenvalue weighted by atomic mass is 35.5. The summed E-state index contributed by atoms with van der Waals surface area (Å²) in [5.41, 5.74) is 0.939. The van der Waals surface area contributed by atoms with E-state index < -0.39 is 28.5 Å². The van der Waals surface area contributed by atoms with Crippen LogP contribution in [0.15, 0.2) is 53.4 Å². The van der Waals surface area contributed by atoms with Crippen LogP contribution >= 0.6 is 23.4 Å². The lowest BCUT2D eigenvalue weighted by Crippen LogP contribution is -2.36. The third kappa shape index (κ3) is 4.56. The van der Waals surface area contributed by atoms with E-state index in [9.17, 15) is 24.5 Å². The molecule has 1 fully saturated rings. The number of hydrogen-bond acceptors (Lipinski definition) is 6. The van der Waals surface area contributed by atoms with Gasteiger partial charge < -0.3 is 5.32 Å². The number of non-ortho nitro benzene ring substituents is 1. The number of nitro benzene ring substituents is 1. The predicted molar refractivity (Wildman–Crippen MR) is 106 cm³/mol. The second-order valence-corrected chi connectivity index (χ2v) is 7.10. The van der Waals surface area contributed by atoms with Gasteiger partial charge in [-0.15, -0.1) is 0 Å². The van der Waals surface area contributed by atoms with Crippen molar-refractivity contribution < 1.29 is 19.3 Å². The molecule has 0 aromatic heterocycles. The molecule has 2 aromatic rings. The Labute approximate surface area is 168 Å². The van der Waals surface area contributed by atoms with E-state index >= 15 is 0 Å². The van der Waals surface area contributed by atoms with Crippen molar-refractivity contribution in [2.45, 2.75) is 0 Å². The summed E-state index contributed by atoms with van der Waals surface area (Å²) in [7, 11) is 0. The van der Waals surface area contributed by atoms with E-state index in [0.29, 0.717) is 28.0 Å². The molecule has 0 atom stereocenters. The number of carbonyl (C=O) groups is 3. The Morgan fingerprint density at radius 1 is 1.14 bits per heavy atom. The van der Waals surface area contributed by atoms with Crippen LogP contribution in [0.3, 0.4) is 0 Å². The molecule has 142 valence electrons. The van der Waals surface area contributed by atoms with Crippen molar-refractivity contribution in [2.24, 2.45) is 0 Å². The Kier molecular flexibility index (Phi) is 5.76. The van der Waals surface area contributed by atoms with Gasteiger partial charge in [0, 0.05) is 22.8 Å². The van der Waals surface area contributed by atoms with Crippen molar-refractivity contribution >= 4 is 57.9 Å². The summed E-state index contributed by atoms with van der Waals surface area (Å²) in [6, 6.07) is 11.9. The predicted octanol–water partition coefficient (Wildman–Crippen LogP) is 3.92. The van der Waals surface area contributed by atoms with Gasteiger partial charge in [0.05, 0.1) is 9.83 Å². The first-order chi connectivity index (χ1) is 13.3. The molecule has 10 heteroatoms. The molecular weight excluding hydrogens is 406 g/mol. The molecule has 2 aromatic carbocycles. The fraction of sp³-hybridized carbons (Fsp3) is 0.0556. The number of halogens is 1. The van der Waals surface area contributed by atoms with Crippen LogP contribution in [0.4, 0.5) is 16.2 Å². The molecule has 0 bridgehead atoms. The van der Waals surface area contributed by atoms with Crippen molar-refractivity contribution in [3.63, 3.8) is 0 Å². The number of benzene rings is 2. The smallest absolute Gasteiger partial charge is 0.294 e. The first-order valence-corrected chi connectivity index (χ1v) is 9.08. The molecule has 1 saturated heterocycles. The number of hydrogen-bond donors (Lipinski definition) is 1.